The molecule has 0 aromatic heterocycles. The zero-order valence-electron chi connectivity index (χ0n) is 21.4. The fourth-order valence-electron chi connectivity index (χ4n) is 7.28. The normalized spacial score (nSPS) is 42.6. The van der Waals surface area contributed by atoms with Crippen LogP contribution in [-0.2, 0) is 25.0 Å². The molecule has 7 rings (SSSR count). The number of fused-ring (bicyclic) bond motifs is 2. The van der Waals surface area contributed by atoms with E-state index in [-0.39, 0.29) is 12.5 Å². The number of rotatable bonds is 3. The van der Waals surface area contributed by atoms with Crippen LogP contribution in [0.4, 0.5) is 0 Å². The monoisotopic (exact) mass is 596 g/mol. The molecule has 5 heterocycles. The number of halogens is 1. The number of hydrogen-bond donors (Lipinski definition) is 0. The molecule has 6 aliphatic rings. The lowest BCUT2D eigenvalue weighted by atomic mass is 9.58. The van der Waals surface area contributed by atoms with Crippen LogP contribution in [0, 0.1) is 23.7 Å². The molecule has 1 spiro atoms. The van der Waals surface area contributed by atoms with Gasteiger partial charge in [-0.05, 0) is 55.7 Å². The summed E-state index contributed by atoms with van der Waals surface area (Å²) in [7, 11) is 0. The summed E-state index contributed by atoms with van der Waals surface area (Å²) in [6, 6.07) is 8.48. The van der Waals surface area contributed by atoms with Gasteiger partial charge in [0.05, 0.1) is 0 Å². The maximum absolute atomic E-state index is 6.85. The first kappa shape index (κ1) is 26.0. The molecule has 0 radical (unpaired) electrons. The standard InChI is InChI=1S/C27H37BrN2O4S2/c1-17-4-9-22-18(2)23(31-24-27(22)21(17)10-11-26(3,32-24)33-34-27)29-12-14-30(15-13-29)25(35)36-16-19-5-7-20(28)8-6-19/h5-8,17-18,21-24H,4,9-16H2,1-3H3/t17-,18-,21+,22+,23-,24-,26-,27-/m1/s1. The van der Waals surface area contributed by atoms with Crippen LogP contribution in [0.5, 0.6) is 0 Å². The summed E-state index contributed by atoms with van der Waals surface area (Å²) in [5.74, 6) is 1.88. The molecular weight excluding hydrogens is 560 g/mol. The van der Waals surface area contributed by atoms with Crippen molar-refractivity contribution in [2.45, 2.75) is 76.1 Å². The maximum atomic E-state index is 6.85. The Morgan fingerprint density at radius 1 is 1.06 bits per heavy atom. The van der Waals surface area contributed by atoms with Crippen LogP contribution in [0.1, 0.15) is 52.0 Å². The molecular formula is C27H37BrN2O4S2. The molecule has 2 bridgehead atoms. The van der Waals surface area contributed by atoms with E-state index >= 15 is 0 Å². The first-order valence-corrected chi connectivity index (χ1v) is 15.6. The molecule has 1 aromatic carbocycles. The molecule has 198 valence electrons. The van der Waals surface area contributed by atoms with Gasteiger partial charge in [-0.2, -0.15) is 0 Å². The Balaban J connectivity index is 1.11. The van der Waals surface area contributed by atoms with Crippen LogP contribution < -0.4 is 0 Å². The lowest BCUT2D eigenvalue weighted by Gasteiger charge is -2.61. The van der Waals surface area contributed by atoms with Crippen molar-refractivity contribution in [3.8, 4) is 0 Å². The van der Waals surface area contributed by atoms with Gasteiger partial charge >= 0.3 is 0 Å². The zero-order chi connectivity index (χ0) is 25.1. The maximum Gasteiger partial charge on any atom is 0.201 e. The van der Waals surface area contributed by atoms with Gasteiger partial charge in [-0.1, -0.05) is 65.9 Å². The lowest BCUT2D eigenvalue weighted by Crippen LogP contribution is -2.72. The summed E-state index contributed by atoms with van der Waals surface area (Å²) in [4.78, 5) is 17.1. The molecule has 1 saturated carbocycles. The third-order valence-electron chi connectivity index (χ3n) is 9.33. The molecule has 6 nitrogen and oxygen atoms in total. The average Bonchev–Trinajstić information content (AvgIpc) is 3.11. The fraction of sp³-hybridized carbons (Fsp3) is 0.741. The Kier molecular flexibility index (Phi) is 7.25. The van der Waals surface area contributed by atoms with Gasteiger partial charge in [-0.15, -0.1) is 0 Å². The minimum atomic E-state index is -0.723. The van der Waals surface area contributed by atoms with E-state index in [0.717, 1.165) is 60.0 Å². The van der Waals surface area contributed by atoms with Crippen LogP contribution in [0.2, 0.25) is 0 Å². The highest BCUT2D eigenvalue weighted by molar-refractivity contribution is 9.10. The van der Waals surface area contributed by atoms with Gasteiger partial charge in [-0.25, -0.2) is 9.78 Å². The molecule has 5 aliphatic heterocycles. The van der Waals surface area contributed by atoms with Crippen molar-refractivity contribution >= 4 is 44.2 Å². The van der Waals surface area contributed by atoms with Crippen LogP contribution in [0.25, 0.3) is 0 Å². The summed E-state index contributed by atoms with van der Waals surface area (Å²) in [6.07, 6.45) is 3.94. The number of benzene rings is 1. The zero-order valence-corrected chi connectivity index (χ0v) is 24.6. The number of thiocarbonyl (C=S) groups is 1. The predicted molar refractivity (Wildman–Crippen MR) is 148 cm³/mol. The number of nitrogens with zero attached hydrogens (tertiary/aromatic N) is 2. The molecule has 0 unspecified atom stereocenters. The van der Waals surface area contributed by atoms with Crippen molar-refractivity contribution in [3.63, 3.8) is 0 Å². The van der Waals surface area contributed by atoms with Crippen molar-refractivity contribution in [3.05, 3.63) is 34.3 Å². The highest BCUT2D eigenvalue weighted by atomic mass is 79.9. The van der Waals surface area contributed by atoms with Gasteiger partial charge < -0.3 is 14.4 Å². The molecule has 1 aromatic rings. The Hall–Kier alpha value is -0.260. The smallest absolute Gasteiger partial charge is 0.201 e. The van der Waals surface area contributed by atoms with Crippen molar-refractivity contribution in [1.82, 2.24) is 9.80 Å². The number of hydrogen-bond acceptors (Lipinski definition) is 7. The van der Waals surface area contributed by atoms with E-state index in [1.54, 1.807) is 11.8 Å². The Labute approximate surface area is 232 Å². The average molecular weight is 598 g/mol. The largest absolute Gasteiger partial charge is 0.355 e. The summed E-state index contributed by atoms with van der Waals surface area (Å²) in [6.45, 7) is 10.4. The van der Waals surface area contributed by atoms with E-state index in [4.69, 9.17) is 31.5 Å². The summed E-state index contributed by atoms with van der Waals surface area (Å²) < 4.78 is 15.5. The van der Waals surface area contributed by atoms with Gasteiger partial charge in [-0.3, -0.25) is 4.90 Å². The fourth-order valence-corrected chi connectivity index (χ4v) is 8.75. The summed E-state index contributed by atoms with van der Waals surface area (Å²) >= 11 is 11.1. The third-order valence-corrected chi connectivity index (χ3v) is 11.5. The molecule has 6 fully saturated rings. The number of piperazine rings is 1. The van der Waals surface area contributed by atoms with E-state index in [2.05, 4.69) is 63.8 Å². The van der Waals surface area contributed by atoms with Gasteiger partial charge in [0.25, 0.3) is 0 Å². The second kappa shape index (κ2) is 10.0. The lowest BCUT2D eigenvalue weighted by molar-refractivity contribution is -0.574. The Morgan fingerprint density at radius 2 is 1.81 bits per heavy atom. The van der Waals surface area contributed by atoms with E-state index in [9.17, 15) is 0 Å². The predicted octanol–water partition coefficient (Wildman–Crippen LogP) is 5.79. The highest BCUT2D eigenvalue weighted by Crippen LogP contribution is 2.60. The van der Waals surface area contributed by atoms with Crippen LogP contribution in [0.15, 0.2) is 28.7 Å². The molecule has 1 aliphatic carbocycles. The molecule has 5 saturated heterocycles. The number of ether oxygens (including phenoxy) is 2. The SMILES string of the molecule is C[C@H]1[C@H](N2CCN(C(=S)SCc3ccc(Br)cc3)CC2)O[C@@H]2O[C@@]3(C)CC[C@H]4[C@H](C)CC[C@@H]1[C@@]24OO3. The topological polar surface area (TPSA) is 43.4 Å². The van der Waals surface area contributed by atoms with Crippen LogP contribution >= 0.6 is 39.9 Å². The van der Waals surface area contributed by atoms with Crippen molar-refractivity contribution < 1.29 is 19.2 Å². The van der Waals surface area contributed by atoms with Gasteiger partial charge in [0.1, 0.15) is 10.5 Å². The van der Waals surface area contributed by atoms with E-state index < -0.39 is 11.4 Å². The molecule has 9 heteroatoms. The minimum Gasteiger partial charge on any atom is -0.355 e. The van der Waals surface area contributed by atoms with Crippen molar-refractivity contribution in [1.29, 1.82) is 0 Å². The van der Waals surface area contributed by atoms with Gasteiger partial charge in [0, 0.05) is 54.7 Å². The molecule has 0 amide bonds. The van der Waals surface area contributed by atoms with Gasteiger partial charge in [0.15, 0.2) is 11.9 Å². The third kappa shape index (κ3) is 4.49. The van der Waals surface area contributed by atoms with Crippen LogP contribution in [0.3, 0.4) is 0 Å². The minimum absolute atomic E-state index is 0.0253. The second-order valence-corrected chi connectivity index (χ2v) is 14.0. The first-order chi connectivity index (χ1) is 17.3. The van der Waals surface area contributed by atoms with Crippen molar-refractivity contribution in [2.24, 2.45) is 23.7 Å². The van der Waals surface area contributed by atoms with E-state index in [0.29, 0.717) is 23.7 Å². The quantitative estimate of drug-likeness (QED) is 0.321. The molecule has 0 N–H and O–H groups in total. The van der Waals surface area contributed by atoms with E-state index in [1.807, 2.05) is 6.92 Å². The number of thioether (sulfide) groups is 1. The van der Waals surface area contributed by atoms with E-state index in [1.165, 1.54) is 12.0 Å². The first-order valence-electron chi connectivity index (χ1n) is 13.4. The summed E-state index contributed by atoms with van der Waals surface area (Å²) in [5.41, 5.74) is 0.802. The second-order valence-electron chi connectivity index (χ2n) is 11.5. The summed E-state index contributed by atoms with van der Waals surface area (Å²) in [5, 5.41) is 0. The Morgan fingerprint density at radius 3 is 2.56 bits per heavy atom. The Bertz CT molecular complexity index is 977. The molecule has 36 heavy (non-hydrogen) atoms. The van der Waals surface area contributed by atoms with Gasteiger partial charge in [0.2, 0.25) is 5.79 Å². The highest BCUT2D eigenvalue weighted by Gasteiger charge is 2.69. The van der Waals surface area contributed by atoms with Crippen molar-refractivity contribution in [2.75, 3.05) is 26.2 Å². The van der Waals surface area contributed by atoms with Crippen LogP contribution in [-0.4, -0.2) is 64.2 Å². The molecule has 8 atom stereocenters.